The third kappa shape index (κ3) is 61.9. The molecule has 3 N–H and O–H groups in total. The number of phosphoric ester groups is 1. The molecule has 0 fully saturated rings. The van der Waals surface area contributed by atoms with E-state index in [0.717, 1.165) is 96.3 Å². The van der Waals surface area contributed by atoms with Crippen LogP contribution in [0.1, 0.15) is 277 Å². The van der Waals surface area contributed by atoms with Gasteiger partial charge in [0.2, 0.25) is 0 Å². The predicted molar refractivity (Wildman–Crippen MR) is 335 cm³/mol. The van der Waals surface area contributed by atoms with Crippen molar-refractivity contribution in [2.75, 3.05) is 26.4 Å². The number of ether oxygens (including phenoxy) is 2. The van der Waals surface area contributed by atoms with E-state index in [2.05, 4.69) is 123 Å². The third-order valence-corrected chi connectivity index (χ3v) is 14.4. The Labute approximate surface area is 479 Å². The van der Waals surface area contributed by atoms with E-state index >= 15 is 0 Å². The van der Waals surface area contributed by atoms with Gasteiger partial charge in [-0.05, 0) is 83.5 Å². The molecule has 0 aromatic carbocycles. The second kappa shape index (κ2) is 62.9. The summed E-state index contributed by atoms with van der Waals surface area (Å²) in [4.78, 5) is 35.3. The van der Waals surface area contributed by atoms with Gasteiger partial charge >= 0.3 is 19.8 Å². The van der Waals surface area contributed by atoms with E-state index in [9.17, 15) is 19.0 Å². The highest BCUT2D eigenvalue weighted by Gasteiger charge is 2.26. The minimum atomic E-state index is -4.41. The highest BCUT2D eigenvalue weighted by atomic mass is 31.2. The Balaban J connectivity index is 4.03. The average molecular weight is 1110 g/mol. The zero-order chi connectivity index (χ0) is 56.6. The van der Waals surface area contributed by atoms with Gasteiger partial charge in [-0.1, -0.05) is 290 Å². The number of hydrogen-bond donors (Lipinski definition) is 2. The van der Waals surface area contributed by atoms with E-state index < -0.39 is 26.5 Å². The molecular formula is C68H118NO8P. The Morgan fingerprint density at radius 1 is 0.397 bits per heavy atom. The second-order valence-corrected chi connectivity index (χ2v) is 22.4. The number of allylic oxidation sites excluding steroid dienone is 18. The van der Waals surface area contributed by atoms with Crippen LogP contribution in [0.15, 0.2) is 109 Å². The minimum Gasteiger partial charge on any atom is -0.462 e. The highest BCUT2D eigenvalue weighted by molar-refractivity contribution is 7.47. The third-order valence-electron chi connectivity index (χ3n) is 13.4. The number of phosphoric acid groups is 1. The van der Waals surface area contributed by atoms with Gasteiger partial charge in [-0.2, -0.15) is 0 Å². The molecule has 10 heteroatoms. The van der Waals surface area contributed by atoms with Gasteiger partial charge in [-0.3, -0.25) is 18.6 Å². The molecule has 0 heterocycles. The van der Waals surface area contributed by atoms with Crippen LogP contribution < -0.4 is 5.73 Å². The van der Waals surface area contributed by atoms with Gasteiger partial charge in [0, 0.05) is 19.4 Å². The van der Waals surface area contributed by atoms with Gasteiger partial charge in [0.1, 0.15) is 6.61 Å². The van der Waals surface area contributed by atoms with Crippen molar-refractivity contribution < 1.29 is 37.6 Å². The first-order chi connectivity index (χ1) is 38.3. The molecule has 0 aliphatic carbocycles. The van der Waals surface area contributed by atoms with Crippen molar-refractivity contribution in [2.45, 2.75) is 283 Å². The number of carbonyl (C=O) groups is 2. The van der Waals surface area contributed by atoms with Crippen molar-refractivity contribution in [1.29, 1.82) is 0 Å². The van der Waals surface area contributed by atoms with Crippen LogP contribution >= 0.6 is 7.82 Å². The molecule has 9 nitrogen and oxygen atoms in total. The first-order valence-electron chi connectivity index (χ1n) is 31.9. The summed E-state index contributed by atoms with van der Waals surface area (Å²) in [6.07, 6.45) is 85.9. The van der Waals surface area contributed by atoms with Crippen LogP contribution in [0.3, 0.4) is 0 Å². The van der Waals surface area contributed by atoms with E-state index in [0.29, 0.717) is 6.42 Å². The van der Waals surface area contributed by atoms with Crippen LogP contribution in [0, 0.1) is 0 Å². The first kappa shape index (κ1) is 74.7. The zero-order valence-electron chi connectivity index (χ0n) is 50.1. The van der Waals surface area contributed by atoms with Crippen molar-refractivity contribution in [3.8, 4) is 0 Å². The molecule has 2 unspecified atom stereocenters. The van der Waals surface area contributed by atoms with E-state index in [4.69, 9.17) is 24.3 Å². The molecule has 0 spiro atoms. The Kier molecular flexibility index (Phi) is 60.2. The van der Waals surface area contributed by atoms with Crippen LogP contribution in [0.5, 0.6) is 0 Å². The number of carbonyl (C=O) groups excluding carboxylic acids is 2. The van der Waals surface area contributed by atoms with Gasteiger partial charge < -0.3 is 20.1 Å². The van der Waals surface area contributed by atoms with Gasteiger partial charge in [-0.25, -0.2) is 4.57 Å². The highest BCUT2D eigenvalue weighted by Crippen LogP contribution is 2.43. The lowest BCUT2D eigenvalue weighted by Crippen LogP contribution is -2.29. The Bertz CT molecular complexity index is 1640. The quantitative estimate of drug-likeness (QED) is 0.0264. The van der Waals surface area contributed by atoms with Crippen molar-refractivity contribution >= 4 is 19.8 Å². The molecule has 0 saturated heterocycles. The maximum absolute atomic E-state index is 12.7. The van der Waals surface area contributed by atoms with Crippen molar-refractivity contribution in [1.82, 2.24) is 0 Å². The van der Waals surface area contributed by atoms with Gasteiger partial charge in [0.25, 0.3) is 0 Å². The minimum absolute atomic E-state index is 0.0432. The monoisotopic (exact) mass is 1110 g/mol. The van der Waals surface area contributed by atoms with Gasteiger partial charge in [-0.15, -0.1) is 0 Å². The molecule has 0 radical (unpaired) electrons. The van der Waals surface area contributed by atoms with Crippen molar-refractivity contribution in [2.24, 2.45) is 5.73 Å². The van der Waals surface area contributed by atoms with E-state index in [1.165, 1.54) is 148 Å². The van der Waals surface area contributed by atoms with E-state index in [-0.39, 0.29) is 38.6 Å². The lowest BCUT2D eigenvalue weighted by atomic mass is 10.0. The fourth-order valence-electron chi connectivity index (χ4n) is 8.75. The first-order valence-corrected chi connectivity index (χ1v) is 33.4. The molecule has 0 saturated carbocycles. The molecule has 0 amide bonds. The molecule has 0 aromatic rings. The summed E-state index contributed by atoms with van der Waals surface area (Å²) in [5.41, 5.74) is 5.39. The number of nitrogens with two attached hydrogens (primary N) is 1. The summed E-state index contributed by atoms with van der Waals surface area (Å²) < 4.78 is 33.1. The summed E-state index contributed by atoms with van der Waals surface area (Å²) in [5, 5.41) is 0. The molecule has 448 valence electrons. The summed E-state index contributed by atoms with van der Waals surface area (Å²) in [6, 6.07) is 0. The van der Waals surface area contributed by atoms with Crippen molar-refractivity contribution in [3.05, 3.63) is 109 Å². The Hall–Kier alpha value is -3.33. The molecule has 0 aromatic heterocycles. The maximum atomic E-state index is 12.7. The van der Waals surface area contributed by atoms with Crippen LogP contribution in [0.2, 0.25) is 0 Å². The summed E-state index contributed by atoms with van der Waals surface area (Å²) >= 11 is 0. The molecule has 2 atom stereocenters. The molecule has 0 rings (SSSR count). The zero-order valence-corrected chi connectivity index (χ0v) is 51.0. The van der Waals surface area contributed by atoms with Crippen molar-refractivity contribution in [3.63, 3.8) is 0 Å². The molecule has 0 bridgehead atoms. The SMILES string of the molecule is CC/C=C\C/C=C\C/C=C\C/C=C\C/C=C\C/C=C\C/C=C\C/C=C\C/C=C\CCCCCC(=O)OC(COC(=O)CCCCCCCCCCCCCCCCCCCCCCCCCCCC)COP(=O)(O)OCCN. The molecule has 78 heavy (non-hydrogen) atoms. The number of esters is 2. The number of hydrogen-bond acceptors (Lipinski definition) is 8. The van der Waals surface area contributed by atoms with Crippen LogP contribution in [0.4, 0.5) is 0 Å². The van der Waals surface area contributed by atoms with Crippen LogP contribution in [-0.2, 0) is 32.7 Å². The van der Waals surface area contributed by atoms with E-state index in [1.807, 2.05) is 0 Å². The van der Waals surface area contributed by atoms with E-state index in [1.54, 1.807) is 0 Å². The fraction of sp³-hybridized carbons (Fsp3) is 0.706. The van der Waals surface area contributed by atoms with Gasteiger partial charge in [0.15, 0.2) is 6.10 Å². The maximum Gasteiger partial charge on any atom is 0.472 e. The standard InChI is InChI=1S/C68H118NO8P/c1-3-5-7-9-11-13-15-17-19-21-23-25-27-29-31-32-33-34-35-37-39-41-43-45-47-49-51-53-55-57-59-61-68(71)77-66(65-76-78(72,73)75-63-62-69)64-74-67(70)60-58-56-54-52-50-48-46-44-42-40-38-36-30-28-26-24-22-20-18-16-14-12-10-8-6-4-2/h5,7,11,13,17,19,23,25,29,31,33-34,37,39,43,45,49,51,66H,3-4,6,8-10,12,14-16,18,20-22,24,26-28,30,32,35-36,38,40-42,44,46-48,50,52-65,69H2,1-2H3,(H,72,73)/b7-5-,13-11-,19-17-,25-23-,31-29-,34-33-,39-37-,45-43-,51-49-. The number of unbranched alkanes of at least 4 members (excludes halogenated alkanes) is 28. The normalized spacial score (nSPS) is 13.7. The fourth-order valence-corrected chi connectivity index (χ4v) is 9.51. The largest absolute Gasteiger partial charge is 0.472 e. The average Bonchev–Trinajstić information content (AvgIpc) is 3.43. The van der Waals surface area contributed by atoms with Gasteiger partial charge in [0.05, 0.1) is 13.2 Å². The second-order valence-electron chi connectivity index (χ2n) is 20.9. The van der Waals surface area contributed by atoms with Crippen LogP contribution in [0.25, 0.3) is 0 Å². The lowest BCUT2D eigenvalue weighted by Gasteiger charge is -2.19. The molecule has 0 aliphatic rings. The smallest absolute Gasteiger partial charge is 0.462 e. The Morgan fingerprint density at radius 2 is 0.705 bits per heavy atom. The summed E-state index contributed by atoms with van der Waals surface area (Å²) in [7, 11) is -4.41. The topological polar surface area (TPSA) is 134 Å². The Morgan fingerprint density at radius 3 is 1.05 bits per heavy atom. The van der Waals surface area contributed by atoms with Crippen LogP contribution in [-0.4, -0.2) is 49.3 Å². The molecular weight excluding hydrogens is 990 g/mol. The lowest BCUT2D eigenvalue weighted by molar-refractivity contribution is -0.161. The summed E-state index contributed by atoms with van der Waals surface area (Å²) in [6.45, 7) is 3.61. The molecule has 0 aliphatic heterocycles. The summed E-state index contributed by atoms with van der Waals surface area (Å²) in [5.74, 6) is -0.863. The number of rotatable bonds is 59. The predicted octanol–water partition coefficient (Wildman–Crippen LogP) is 20.6.